The number of imide groups is 1. The summed E-state index contributed by atoms with van der Waals surface area (Å²) >= 11 is 6.46. The first-order valence-corrected chi connectivity index (χ1v) is 12.4. The zero-order valence-electron chi connectivity index (χ0n) is 21.2. The van der Waals surface area contributed by atoms with E-state index in [0.29, 0.717) is 53.7 Å². The Balaban J connectivity index is 1.36. The van der Waals surface area contributed by atoms with Crippen LogP contribution in [0.4, 0.5) is 5.95 Å². The van der Waals surface area contributed by atoms with Gasteiger partial charge >= 0.3 is 0 Å². The number of amides is 2. The Hall–Kier alpha value is -4.42. The SMILES string of the molecule is COc1c(C)cnc(Cn2cc(C#CCCCN3C(=O)c4ccccc4C3=O)c3c(Cl)nc(N)nc32)c1C. The van der Waals surface area contributed by atoms with E-state index < -0.39 is 0 Å². The molecule has 10 heteroatoms. The Kier molecular flexibility index (Phi) is 6.74. The van der Waals surface area contributed by atoms with Crippen molar-refractivity contribution >= 4 is 40.4 Å². The summed E-state index contributed by atoms with van der Waals surface area (Å²) in [7, 11) is 1.64. The molecule has 4 aromatic rings. The largest absolute Gasteiger partial charge is 0.496 e. The van der Waals surface area contributed by atoms with E-state index in [1.807, 2.05) is 24.6 Å². The highest BCUT2D eigenvalue weighted by Crippen LogP contribution is 2.29. The number of hydrogen-bond acceptors (Lipinski definition) is 7. The topological polar surface area (TPSA) is 116 Å². The number of fused-ring (bicyclic) bond motifs is 2. The van der Waals surface area contributed by atoms with Gasteiger partial charge < -0.3 is 15.0 Å². The lowest BCUT2D eigenvalue weighted by molar-refractivity contribution is 0.0653. The summed E-state index contributed by atoms with van der Waals surface area (Å²) in [5.74, 6) is 6.61. The van der Waals surface area contributed by atoms with Crippen LogP contribution in [-0.4, -0.2) is 49.9 Å². The van der Waals surface area contributed by atoms with Crippen molar-refractivity contribution in [3.8, 4) is 17.6 Å². The predicted octanol–water partition coefficient (Wildman–Crippen LogP) is 4.16. The van der Waals surface area contributed by atoms with E-state index in [2.05, 4.69) is 26.8 Å². The van der Waals surface area contributed by atoms with Crippen molar-refractivity contribution in [2.45, 2.75) is 33.2 Å². The van der Waals surface area contributed by atoms with Gasteiger partial charge in [0.1, 0.15) is 16.5 Å². The van der Waals surface area contributed by atoms with Gasteiger partial charge in [-0.15, -0.1) is 0 Å². The summed E-state index contributed by atoms with van der Waals surface area (Å²) in [4.78, 5) is 39.5. The number of rotatable bonds is 6. The molecule has 0 fully saturated rings. The van der Waals surface area contributed by atoms with Gasteiger partial charge in [0, 0.05) is 36.5 Å². The summed E-state index contributed by atoms with van der Waals surface area (Å²) in [5.41, 5.74) is 10.7. The Bertz CT molecular complexity index is 1630. The molecule has 0 saturated carbocycles. The molecule has 0 unspecified atom stereocenters. The number of benzene rings is 1. The van der Waals surface area contributed by atoms with Crippen LogP contribution in [0.25, 0.3) is 11.0 Å². The average Bonchev–Trinajstić information content (AvgIpc) is 3.35. The van der Waals surface area contributed by atoms with Gasteiger partial charge in [-0.1, -0.05) is 35.6 Å². The average molecular weight is 529 g/mol. The number of methoxy groups -OCH3 is 1. The number of aryl methyl sites for hydroxylation is 1. The number of pyridine rings is 1. The van der Waals surface area contributed by atoms with Crippen LogP contribution in [0.3, 0.4) is 0 Å². The van der Waals surface area contributed by atoms with Crippen molar-refractivity contribution in [3.05, 3.63) is 75.3 Å². The van der Waals surface area contributed by atoms with E-state index in [0.717, 1.165) is 22.6 Å². The maximum absolute atomic E-state index is 12.6. The van der Waals surface area contributed by atoms with E-state index >= 15 is 0 Å². The molecule has 9 nitrogen and oxygen atoms in total. The quantitative estimate of drug-likeness (QED) is 0.173. The monoisotopic (exact) mass is 528 g/mol. The molecule has 192 valence electrons. The zero-order valence-corrected chi connectivity index (χ0v) is 22.0. The standard InChI is InChI=1S/C28H25ClN6O3/c1-16-13-31-21(17(2)23(16)38-3)15-34-14-18(22-24(29)32-28(30)33-25(22)34)9-5-4-8-12-35-26(36)19-10-6-7-11-20(19)27(35)37/h6-7,10-11,13-14H,4,8,12,15H2,1-3H3,(H2,30,32,33). The molecule has 0 aliphatic carbocycles. The minimum atomic E-state index is -0.264. The summed E-state index contributed by atoms with van der Waals surface area (Å²) in [6.45, 7) is 4.62. The fourth-order valence-electron chi connectivity index (χ4n) is 4.69. The third-order valence-corrected chi connectivity index (χ3v) is 6.82. The molecule has 1 aliphatic rings. The van der Waals surface area contributed by atoms with Crippen molar-refractivity contribution in [2.24, 2.45) is 0 Å². The smallest absolute Gasteiger partial charge is 0.261 e. The van der Waals surface area contributed by atoms with Crippen LogP contribution in [0.1, 0.15) is 55.9 Å². The van der Waals surface area contributed by atoms with E-state index in [1.54, 1.807) is 37.6 Å². The van der Waals surface area contributed by atoms with Gasteiger partial charge in [-0.3, -0.25) is 19.5 Å². The fourth-order valence-corrected chi connectivity index (χ4v) is 4.96. The van der Waals surface area contributed by atoms with Crippen LogP contribution in [0.5, 0.6) is 5.75 Å². The van der Waals surface area contributed by atoms with E-state index in [1.165, 1.54) is 4.90 Å². The second kappa shape index (κ2) is 10.1. The highest BCUT2D eigenvalue weighted by Gasteiger charge is 2.34. The Morgan fingerprint density at radius 1 is 1.11 bits per heavy atom. The van der Waals surface area contributed by atoms with Gasteiger partial charge in [0.2, 0.25) is 5.95 Å². The van der Waals surface area contributed by atoms with Crippen molar-refractivity contribution in [1.82, 2.24) is 24.4 Å². The summed E-state index contributed by atoms with van der Waals surface area (Å²) in [6, 6.07) is 6.86. The van der Waals surface area contributed by atoms with Crippen LogP contribution in [0, 0.1) is 25.7 Å². The van der Waals surface area contributed by atoms with Crippen LogP contribution in [0.2, 0.25) is 5.15 Å². The number of hydrogen-bond donors (Lipinski definition) is 1. The van der Waals surface area contributed by atoms with E-state index in [4.69, 9.17) is 22.1 Å². The lowest BCUT2D eigenvalue weighted by atomic mass is 10.1. The molecule has 0 bridgehead atoms. The molecular weight excluding hydrogens is 504 g/mol. The number of unbranched alkanes of at least 4 members (excludes halogenated alkanes) is 1. The number of carbonyl (C=O) groups is 2. The number of nitrogens with two attached hydrogens (primary N) is 1. The number of carbonyl (C=O) groups excluding carboxylic acids is 2. The van der Waals surface area contributed by atoms with Gasteiger partial charge in [-0.05, 0) is 32.4 Å². The predicted molar refractivity (Wildman–Crippen MR) is 144 cm³/mol. The maximum atomic E-state index is 12.6. The number of ether oxygens (including phenoxy) is 1. The summed E-state index contributed by atoms with van der Waals surface area (Å²) in [6.07, 6.45) is 4.65. The number of anilines is 1. The molecule has 0 radical (unpaired) electrons. The van der Waals surface area contributed by atoms with Gasteiger partial charge in [0.05, 0.1) is 41.4 Å². The fraction of sp³-hybridized carbons (Fsp3) is 0.250. The Morgan fingerprint density at radius 3 is 2.50 bits per heavy atom. The molecule has 0 saturated heterocycles. The molecule has 5 rings (SSSR count). The first kappa shape index (κ1) is 25.2. The van der Waals surface area contributed by atoms with Crippen LogP contribution >= 0.6 is 11.6 Å². The Labute approximate surface area is 224 Å². The maximum Gasteiger partial charge on any atom is 0.261 e. The molecule has 4 heterocycles. The van der Waals surface area contributed by atoms with Gasteiger partial charge in [-0.25, -0.2) is 4.98 Å². The van der Waals surface area contributed by atoms with E-state index in [-0.39, 0.29) is 22.9 Å². The van der Waals surface area contributed by atoms with E-state index in [9.17, 15) is 9.59 Å². The molecule has 0 spiro atoms. The summed E-state index contributed by atoms with van der Waals surface area (Å²) < 4.78 is 7.44. The van der Waals surface area contributed by atoms with Crippen LogP contribution in [0.15, 0.2) is 36.7 Å². The first-order chi connectivity index (χ1) is 18.3. The molecule has 1 aromatic carbocycles. The normalized spacial score (nSPS) is 12.6. The molecular formula is C28H25ClN6O3. The third kappa shape index (κ3) is 4.44. The third-order valence-electron chi connectivity index (χ3n) is 6.54. The van der Waals surface area contributed by atoms with Crippen LogP contribution in [-0.2, 0) is 6.54 Å². The molecule has 1 aliphatic heterocycles. The highest BCUT2D eigenvalue weighted by molar-refractivity contribution is 6.34. The highest BCUT2D eigenvalue weighted by atomic mass is 35.5. The number of aromatic nitrogens is 4. The van der Waals surface area contributed by atoms with Crippen LogP contribution < -0.4 is 10.5 Å². The number of halogens is 1. The first-order valence-electron chi connectivity index (χ1n) is 12.0. The molecule has 3 aromatic heterocycles. The summed E-state index contributed by atoms with van der Waals surface area (Å²) in [5, 5.41) is 0.818. The lowest BCUT2D eigenvalue weighted by Crippen LogP contribution is -2.30. The second-order valence-corrected chi connectivity index (χ2v) is 9.36. The van der Waals surface area contributed by atoms with Gasteiger partial charge in [-0.2, -0.15) is 4.98 Å². The minimum Gasteiger partial charge on any atom is -0.496 e. The van der Waals surface area contributed by atoms with Crippen molar-refractivity contribution in [1.29, 1.82) is 0 Å². The molecule has 38 heavy (non-hydrogen) atoms. The van der Waals surface area contributed by atoms with Crippen molar-refractivity contribution in [3.63, 3.8) is 0 Å². The minimum absolute atomic E-state index is 0.0634. The van der Waals surface area contributed by atoms with Gasteiger partial charge in [0.15, 0.2) is 0 Å². The van der Waals surface area contributed by atoms with Crippen molar-refractivity contribution < 1.29 is 14.3 Å². The molecule has 0 atom stereocenters. The number of nitrogen functional groups attached to an aromatic ring is 1. The van der Waals surface area contributed by atoms with Crippen molar-refractivity contribution in [2.75, 3.05) is 19.4 Å². The Morgan fingerprint density at radius 2 is 1.82 bits per heavy atom. The second-order valence-electron chi connectivity index (χ2n) is 9.00. The number of nitrogens with zero attached hydrogens (tertiary/aromatic N) is 5. The van der Waals surface area contributed by atoms with Gasteiger partial charge in [0.25, 0.3) is 11.8 Å². The lowest BCUT2D eigenvalue weighted by Gasteiger charge is -2.13. The molecule has 2 amide bonds. The molecule has 2 N–H and O–H groups in total. The zero-order chi connectivity index (χ0) is 27.0.